The number of aliphatic hydroxyl groups is 2. The van der Waals surface area contributed by atoms with Crippen LogP contribution in [0.25, 0.3) is 0 Å². The van der Waals surface area contributed by atoms with Crippen LogP contribution in [0.1, 0.15) is 167 Å². The van der Waals surface area contributed by atoms with E-state index < -0.39 is 0 Å². The fourth-order valence-electron chi connectivity index (χ4n) is 5.90. The molecule has 0 aromatic carbocycles. The number of piperidine rings is 1. The first-order chi connectivity index (χ1) is 19.7. The molecular weight excluding hydrogens is 498 g/mol. The van der Waals surface area contributed by atoms with E-state index >= 15 is 0 Å². The molecule has 1 heterocycles. The predicted molar refractivity (Wildman–Crippen MR) is 171 cm³/mol. The monoisotopic (exact) mass is 570 g/mol. The van der Waals surface area contributed by atoms with Crippen LogP contribution in [-0.4, -0.2) is 73.4 Å². The first-order valence-corrected chi connectivity index (χ1v) is 18.0. The summed E-state index contributed by atoms with van der Waals surface area (Å²) >= 11 is 0. The molecule has 0 radical (unpaired) electrons. The van der Waals surface area contributed by atoms with Crippen LogP contribution in [0.2, 0.25) is 0 Å². The van der Waals surface area contributed by atoms with Crippen molar-refractivity contribution in [2.45, 2.75) is 180 Å². The lowest BCUT2D eigenvalue weighted by atomic mass is 10.0. The summed E-state index contributed by atoms with van der Waals surface area (Å²) in [6.45, 7) is 8.03. The van der Waals surface area contributed by atoms with Crippen LogP contribution in [0.5, 0.6) is 0 Å². The number of ether oxygens (including phenoxy) is 2. The number of likely N-dealkylation sites (tertiary alicyclic amines) is 1. The quantitative estimate of drug-likeness (QED) is 0.0817. The predicted octanol–water partition coefficient (Wildman–Crippen LogP) is 8.83. The normalized spacial score (nSPS) is 16.0. The zero-order chi connectivity index (χ0) is 28.8. The van der Waals surface area contributed by atoms with E-state index in [9.17, 15) is 10.2 Å². The standard InChI is InChI=1S/C35H71NO4/c1-2-3-4-5-6-13-16-20-25-34(37)32-39-30-31-40-33-35(38)26-21-17-14-11-9-7-8-10-12-15-18-22-27-36-28-23-19-24-29-36/h34-35,37-38H,2-33H2,1H3/t34-,35-/m0/s1. The van der Waals surface area contributed by atoms with Gasteiger partial charge < -0.3 is 24.6 Å². The van der Waals surface area contributed by atoms with Gasteiger partial charge in [-0.2, -0.15) is 0 Å². The van der Waals surface area contributed by atoms with Gasteiger partial charge in [0.15, 0.2) is 0 Å². The first-order valence-electron chi connectivity index (χ1n) is 18.0. The Balaban J connectivity index is 1.71. The molecule has 5 nitrogen and oxygen atoms in total. The molecule has 1 aliphatic heterocycles. The van der Waals surface area contributed by atoms with Crippen molar-refractivity contribution in [2.24, 2.45) is 0 Å². The fourth-order valence-corrected chi connectivity index (χ4v) is 5.90. The molecule has 1 aliphatic rings. The molecule has 0 amide bonds. The van der Waals surface area contributed by atoms with Crippen LogP contribution in [-0.2, 0) is 9.47 Å². The highest BCUT2D eigenvalue weighted by Crippen LogP contribution is 2.15. The summed E-state index contributed by atoms with van der Waals surface area (Å²) in [6.07, 6.45) is 31.7. The average Bonchev–Trinajstić information content (AvgIpc) is 2.97. The molecule has 0 unspecified atom stereocenters. The first kappa shape index (κ1) is 37.8. The van der Waals surface area contributed by atoms with Gasteiger partial charge in [0.1, 0.15) is 0 Å². The Bertz CT molecular complexity index is 486. The zero-order valence-electron chi connectivity index (χ0n) is 26.9. The van der Waals surface area contributed by atoms with E-state index in [0.29, 0.717) is 26.4 Å². The lowest BCUT2D eigenvalue weighted by molar-refractivity contribution is -0.0202. The summed E-state index contributed by atoms with van der Waals surface area (Å²) in [7, 11) is 0. The van der Waals surface area contributed by atoms with Gasteiger partial charge in [-0.1, -0.05) is 135 Å². The Morgan fingerprint density at radius 1 is 0.500 bits per heavy atom. The molecule has 1 saturated heterocycles. The van der Waals surface area contributed by atoms with Crippen LogP contribution in [0.15, 0.2) is 0 Å². The van der Waals surface area contributed by atoms with Crippen molar-refractivity contribution in [3.8, 4) is 0 Å². The Morgan fingerprint density at radius 3 is 1.30 bits per heavy atom. The minimum atomic E-state index is -0.368. The van der Waals surface area contributed by atoms with E-state index in [0.717, 1.165) is 25.7 Å². The number of unbranched alkanes of at least 4 members (excludes halogenated alkanes) is 18. The molecule has 2 N–H and O–H groups in total. The molecule has 0 spiro atoms. The Hall–Kier alpha value is -0.200. The van der Waals surface area contributed by atoms with Gasteiger partial charge in [0.25, 0.3) is 0 Å². The van der Waals surface area contributed by atoms with Crippen molar-refractivity contribution in [1.29, 1.82) is 0 Å². The van der Waals surface area contributed by atoms with Crippen LogP contribution in [0, 0.1) is 0 Å². The van der Waals surface area contributed by atoms with Crippen molar-refractivity contribution in [3.05, 3.63) is 0 Å². The van der Waals surface area contributed by atoms with Crippen LogP contribution >= 0.6 is 0 Å². The number of hydrogen-bond donors (Lipinski definition) is 2. The average molecular weight is 570 g/mol. The fraction of sp³-hybridized carbons (Fsp3) is 1.00. The molecule has 0 aromatic rings. The summed E-state index contributed by atoms with van der Waals surface area (Å²) in [4.78, 5) is 2.67. The molecule has 40 heavy (non-hydrogen) atoms. The second-order valence-electron chi connectivity index (χ2n) is 12.7. The van der Waals surface area contributed by atoms with E-state index in [4.69, 9.17) is 9.47 Å². The minimum Gasteiger partial charge on any atom is -0.391 e. The van der Waals surface area contributed by atoms with Gasteiger partial charge in [0, 0.05) is 0 Å². The van der Waals surface area contributed by atoms with Gasteiger partial charge in [-0.3, -0.25) is 0 Å². The maximum atomic E-state index is 10.1. The smallest absolute Gasteiger partial charge is 0.0773 e. The van der Waals surface area contributed by atoms with E-state index in [1.165, 1.54) is 154 Å². The maximum absolute atomic E-state index is 10.1. The van der Waals surface area contributed by atoms with Crippen molar-refractivity contribution < 1.29 is 19.7 Å². The Kier molecular flexibility index (Phi) is 28.6. The summed E-state index contributed by atoms with van der Waals surface area (Å²) < 4.78 is 11.1. The highest BCUT2D eigenvalue weighted by Gasteiger charge is 2.09. The zero-order valence-corrected chi connectivity index (χ0v) is 26.9. The van der Waals surface area contributed by atoms with Gasteiger partial charge in [-0.15, -0.1) is 0 Å². The number of hydrogen-bond acceptors (Lipinski definition) is 5. The minimum absolute atomic E-state index is 0.366. The van der Waals surface area contributed by atoms with E-state index in [1.54, 1.807) is 0 Å². The van der Waals surface area contributed by atoms with Crippen molar-refractivity contribution in [1.82, 2.24) is 4.90 Å². The van der Waals surface area contributed by atoms with Crippen molar-refractivity contribution in [3.63, 3.8) is 0 Å². The summed E-state index contributed by atoms with van der Waals surface area (Å²) in [5.41, 5.74) is 0. The summed E-state index contributed by atoms with van der Waals surface area (Å²) in [5.74, 6) is 0. The largest absolute Gasteiger partial charge is 0.391 e. The van der Waals surface area contributed by atoms with Crippen molar-refractivity contribution in [2.75, 3.05) is 46.1 Å². The summed E-state index contributed by atoms with van der Waals surface area (Å²) in [6, 6.07) is 0. The molecule has 240 valence electrons. The van der Waals surface area contributed by atoms with Crippen LogP contribution in [0.4, 0.5) is 0 Å². The third-order valence-electron chi connectivity index (χ3n) is 8.59. The number of aliphatic hydroxyl groups excluding tert-OH is 2. The topological polar surface area (TPSA) is 62.2 Å². The van der Waals surface area contributed by atoms with E-state index in [-0.39, 0.29) is 12.2 Å². The molecule has 0 aromatic heterocycles. The third-order valence-corrected chi connectivity index (χ3v) is 8.59. The second-order valence-corrected chi connectivity index (χ2v) is 12.7. The molecule has 5 heteroatoms. The maximum Gasteiger partial charge on any atom is 0.0773 e. The SMILES string of the molecule is CCCCCCCCCC[C@H](O)COCCOC[C@@H](O)CCCCCCCCCCCCCCN1CCCCC1. The summed E-state index contributed by atoms with van der Waals surface area (Å²) in [5, 5.41) is 20.2. The Morgan fingerprint density at radius 2 is 0.875 bits per heavy atom. The molecule has 2 atom stereocenters. The second kappa shape index (κ2) is 30.3. The molecule has 0 aliphatic carbocycles. The van der Waals surface area contributed by atoms with Gasteiger partial charge in [0.2, 0.25) is 0 Å². The van der Waals surface area contributed by atoms with Crippen LogP contribution in [0.3, 0.4) is 0 Å². The highest BCUT2D eigenvalue weighted by atomic mass is 16.5. The van der Waals surface area contributed by atoms with E-state index in [2.05, 4.69) is 11.8 Å². The molecule has 1 fully saturated rings. The molecule has 1 rings (SSSR count). The molecular formula is C35H71NO4. The lowest BCUT2D eigenvalue weighted by Crippen LogP contribution is -2.30. The highest BCUT2D eigenvalue weighted by molar-refractivity contribution is 4.64. The molecule has 0 bridgehead atoms. The lowest BCUT2D eigenvalue weighted by Gasteiger charge is -2.26. The molecule has 0 saturated carbocycles. The van der Waals surface area contributed by atoms with Gasteiger partial charge in [0.05, 0.1) is 38.6 Å². The Labute approximate surface area is 250 Å². The van der Waals surface area contributed by atoms with Gasteiger partial charge in [-0.05, 0) is 51.7 Å². The number of rotatable bonds is 31. The van der Waals surface area contributed by atoms with Gasteiger partial charge in [-0.25, -0.2) is 0 Å². The van der Waals surface area contributed by atoms with Crippen molar-refractivity contribution >= 4 is 0 Å². The third kappa shape index (κ3) is 26.7. The van der Waals surface area contributed by atoms with Gasteiger partial charge >= 0.3 is 0 Å². The van der Waals surface area contributed by atoms with E-state index in [1.807, 2.05) is 0 Å². The van der Waals surface area contributed by atoms with Crippen LogP contribution < -0.4 is 0 Å². The number of nitrogens with zero attached hydrogens (tertiary/aromatic N) is 1.